The van der Waals surface area contributed by atoms with Gasteiger partial charge < -0.3 is 4.57 Å². The minimum Gasteiger partial charge on any atom is -0.302 e. The van der Waals surface area contributed by atoms with Crippen molar-refractivity contribution in [3.05, 3.63) is 56.9 Å². The van der Waals surface area contributed by atoms with E-state index >= 15 is 0 Å². The van der Waals surface area contributed by atoms with Crippen LogP contribution < -0.4 is 5.56 Å². The molecular weight excluding hydrogens is 245 g/mol. The van der Waals surface area contributed by atoms with Crippen LogP contribution in [-0.4, -0.2) is 4.57 Å². The average Bonchev–Trinajstić information content (AvgIpc) is 2.26. The molecule has 0 aliphatic rings. The Morgan fingerprint density at radius 2 is 1.62 bits per heavy atom. The number of rotatable bonds is 1. The Hall–Kier alpha value is -1.25. The molecule has 4 heteroatoms. The van der Waals surface area contributed by atoms with Gasteiger partial charge in [0.05, 0.1) is 0 Å². The van der Waals surface area contributed by atoms with Crippen molar-refractivity contribution in [3.8, 4) is 11.1 Å². The van der Waals surface area contributed by atoms with Crippen molar-refractivity contribution in [2.45, 2.75) is 0 Å². The van der Waals surface area contributed by atoms with Gasteiger partial charge in [0.25, 0.3) is 5.56 Å². The van der Waals surface area contributed by atoms with Crippen molar-refractivity contribution < 1.29 is 0 Å². The molecule has 82 valence electrons. The van der Waals surface area contributed by atoms with Gasteiger partial charge in [-0.1, -0.05) is 35.3 Å². The van der Waals surface area contributed by atoms with Gasteiger partial charge >= 0.3 is 0 Å². The monoisotopic (exact) mass is 253 g/mol. The molecule has 0 aliphatic heterocycles. The summed E-state index contributed by atoms with van der Waals surface area (Å²) in [6.45, 7) is 0. The summed E-state index contributed by atoms with van der Waals surface area (Å²) < 4.78 is 1.39. The van der Waals surface area contributed by atoms with Crippen LogP contribution in [-0.2, 0) is 7.05 Å². The van der Waals surface area contributed by atoms with E-state index in [0.29, 0.717) is 10.2 Å². The highest BCUT2D eigenvalue weighted by Gasteiger charge is 2.03. The van der Waals surface area contributed by atoms with Crippen molar-refractivity contribution in [1.29, 1.82) is 0 Å². The van der Waals surface area contributed by atoms with Crippen LogP contribution in [0.25, 0.3) is 11.1 Å². The molecule has 0 atom stereocenters. The fourth-order valence-electron chi connectivity index (χ4n) is 1.41. The molecule has 0 unspecified atom stereocenters. The van der Waals surface area contributed by atoms with Gasteiger partial charge in [-0.25, -0.2) is 0 Å². The zero-order chi connectivity index (χ0) is 11.7. The predicted octanol–water partition coefficient (Wildman–Crippen LogP) is 3.36. The van der Waals surface area contributed by atoms with Crippen LogP contribution in [0.4, 0.5) is 0 Å². The molecule has 1 heterocycles. The SMILES string of the molecule is Cn1c(Cl)cc(-c2ccc(Cl)cc2)cc1=O. The minimum absolute atomic E-state index is 0.127. The number of nitrogens with zero attached hydrogens (tertiary/aromatic N) is 1. The number of aromatic nitrogens is 1. The lowest BCUT2D eigenvalue weighted by molar-refractivity contribution is 0.862. The van der Waals surface area contributed by atoms with Gasteiger partial charge in [-0.2, -0.15) is 0 Å². The van der Waals surface area contributed by atoms with Crippen LogP contribution in [0, 0.1) is 0 Å². The van der Waals surface area contributed by atoms with Crippen molar-refractivity contribution >= 4 is 23.2 Å². The molecule has 2 rings (SSSR count). The molecule has 0 saturated heterocycles. The Morgan fingerprint density at radius 1 is 1.00 bits per heavy atom. The summed E-state index contributed by atoms with van der Waals surface area (Å²) >= 11 is 11.7. The van der Waals surface area contributed by atoms with Gasteiger partial charge in [0.1, 0.15) is 5.15 Å². The summed E-state index contributed by atoms with van der Waals surface area (Å²) in [5.41, 5.74) is 1.59. The van der Waals surface area contributed by atoms with Gasteiger partial charge in [-0.3, -0.25) is 4.79 Å². The van der Waals surface area contributed by atoms with E-state index in [1.54, 1.807) is 31.3 Å². The first-order valence-corrected chi connectivity index (χ1v) is 5.46. The van der Waals surface area contributed by atoms with Crippen LogP contribution in [0.2, 0.25) is 10.2 Å². The molecule has 0 bridgehead atoms. The zero-order valence-electron chi connectivity index (χ0n) is 8.58. The standard InChI is InChI=1S/C12H9Cl2NO/c1-15-11(14)6-9(7-12(15)16)8-2-4-10(13)5-3-8/h2-7H,1H3. The van der Waals surface area contributed by atoms with Crippen LogP contribution in [0.15, 0.2) is 41.2 Å². The summed E-state index contributed by atoms with van der Waals surface area (Å²) in [6.07, 6.45) is 0. The quantitative estimate of drug-likeness (QED) is 0.715. The molecule has 16 heavy (non-hydrogen) atoms. The van der Waals surface area contributed by atoms with E-state index in [9.17, 15) is 4.79 Å². The van der Waals surface area contributed by atoms with Gasteiger partial charge in [-0.05, 0) is 29.3 Å². The molecule has 0 radical (unpaired) electrons. The maximum absolute atomic E-state index is 11.6. The van der Waals surface area contributed by atoms with Crippen LogP contribution in [0.1, 0.15) is 0 Å². The number of pyridine rings is 1. The van der Waals surface area contributed by atoms with E-state index in [1.165, 1.54) is 4.57 Å². The summed E-state index contributed by atoms with van der Waals surface area (Å²) in [4.78, 5) is 11.6. The molecule has 0 saturated carbocycles. The van der Waals surface area contributed by atoms with Crippen molar-refractivity contribution in [3.63, 3.8) is 0 Å². The number of halogens is 2. The topological polar surface area (TPSA) is 22.0 Å². The van der Waals surface area contributed by atoms with Crippen LogP contribution in [0.3, 0.4) is 0 Å². The second kappa shape index (κ2) is 4.32. The lowest BCUT2D eigenvalue weighted by atomic mass is 10.1. The first kappa shape index (κ1) is 11.2. The molecule has 0 aliphatic carbocycles. The Balaban J connectivity index is 2.57. The molecule has 2 nitrogen and oxygen atoms in total. The number of hydrogen-bond donors (Lipinski definition) is 0. The summed E-state index contributed by atoms with van der Waals surface area (Å²) in [7, 11) is 1.64. The Kier molecular flexibility index (Phi) is 3.03. The van der Waals surface area contributed by atoms with Crippen LogP contribution in [0.5, 0.6) is 0 Å². The highest BCUT2D eigenvalue weighted by atomic mass is 35.5. The fourth-order valence-corrected chi connectivity index (χ4v) is 1.74. The second-order valence-electron chi connectivity index (χ2n) is 3.47. The van der Waals surface area contributed by atoms with E-state index in [1.807, 2.05) is 12.1 Å². The van der Waals surface area contributed by atoms with Crippen LogP contribution >= 0.6 is 23.2 Å². The highest BCUT2D eigenvalue weighted by molar-refractivity contribution is 6.30. The average molecular weight is 254 g/mol. The largest absolute Gasteiger partial charge is 0.302 e. The lowest BCUT2D eigenvalue weighted by Gasteiger charge is -2.05. The zero-order valence-corrected chi connectivity index (χ0v) is 10.1. The van der Waals surface area contributed by atoms with Gasteiger partial charge in [0.2, 0.25) is 0 Å². The Labute approximate surface area is 103 Å². The fraction of sp³-hybridized carbons (Fsp3) is 0.0833. The van der Waals surface area contributed by atoms with E-state index in [0.717, 1.165) is 11.1 Å². The van der Waals surface area contributed by atoms with Crippen molar-refractivity contribution in [1.82, 2.24) is 4.57 Å². The molecule has 0 spiro atoms. The van der Waals surface area contributed by atoms with E-state index in [4.69, 9.17) is 23.2 Å². The smallest absolute Gasteiger partial charge is 0.252 e. The number of hydrogen-bond acceptors (Lipinski definition) is 1. The third-order valence-corrected chi connectivity index (χ3v) is 3.00. The maximum Gasteiger partial charge on any atom is 0.252 e. The lowest BCUT2D eigenvalue weighted by Crippen LogP contribution is -2.15. The molecular formula is C12H9Cl2NO. The van der Waals surface area contributed by atoms with Gasteiger partial charge in [0.15, 0.2) is 0 Å². The minimum atomic E-state index is -0.127. The first-order chi connectivity index (χ1) is 7.58. The van der Waals surface area contributed by atoms with E-state index in [2.05, 4.69) is 0 Å². The van der Waals surface area contributed by atoms with E-state index < -0.39 is 0 Å². The Morgan fingerprint density at radius 3 is 2.19 bits per heavy atom. The third kappa shape index (κ3) is 2.13. The van der Waals surface area contributed by atoms with E-state index in [-0.39, 0.29) is 5.56 Å². The molecule has 0 amide bonds. The Bertz CT molecular complexity index is 573. The molecule has 0 fully saturated rings. The normalized spacial score (nSPS) is 10.4. The van der Waals surface area contributed by atoms with Gasteiger partial charge in [0, 0.05) is 18.1 Å². The molecule has 0 N–H and O–H groups in total. The van der Waals surface area contributed by atoms with Crippen molar-refractivity contribution in [2.75, 3.05) is 0 Å². The summed E-state index contributed by atoms with van der Waals surface area (Å²) in [5, 5.41) is 1.08. The second-order valence-corrected chi connectivity index (χ2v) is 4.29. The molecule has 2 aromatic rings. The molecule has 1 aromatic carbocycles. The highest BCUT2D eigenvalue weighted by Crippen LogP contribution is 2.22. The predicted molar refractivity (Wildman–Crippen MR) is 67.1 cm³/mol. The van der Waals surface area contributed by atoms with Gasteiger partial charge in [-0.15, -0.1) is 0 Å². The summed E-state index contributed by atoms with van der Waals surface area (Å²) in [6, 6.07) is 10.6. The van der Waals surface area contributed by atoms with Crippen molar-refractivity contribution in [2.24, 2.45) is 7.05 Å². The molecule has 1 aromatic heterocycles. The number of benzene rings is 1. The first-order valence-electron chi connectivity index (χ1n) is 4.70. The summed E-state index contributed by atoms with van der Waals surface area (Å²) in [5.74, 6) is 0. The third-order valence-electron chi connectivity index (χ3n) is 2.38. The maximum atomic E-state index is 11.6.